The number of aliphatic hydroxyl groups excluding tert-OH is 1. The van der Waals surface area contributed by atoms with E-state index in [1.54, 1.807) is 0 Å². The first kappa shape index (κ1) is 15.3. The number of hydrogen-bond acceptors (Lipinski definition) is 3. The molecule has 1 aliphatic carbocycles. The van der Waals surface area contributed by atoms with E-state index in [4.69, 9.17) is 0 Å². The smallest absolute Gasteiger partial charge is 0.0578 e. The van der Waals surface area contributed by atoms with Crippen LogP contribution in [0.25, 0.3) is 0 Å². The molecule has 3 atom stereocenters. The summed E-state index contributed by atoms with van der Waals surface area (Å²) in [7, 11) is 0. The van der Waals surface area contributed by atoms with E-state index in [-0.39, 0.29) is 6.10 Å². The normalized spacial score (nSPS) is 31.4. The number of aliphatic hydroxyl groups is 1. The molecule has 112 valence electrons. The molecule has 19 heavy (non-hydrogen) atoms. The number of nitrogens with one attached hydrogen (secondary N) is 1. The van der Waals surface area contributed by atoms with Gasteiger partial charge in [-0.25, -0.2) is 0 Å². The van der Waals surface area contributed by atoms with Gasteiger partial charge in [0.2, 0.25) is 0 Å². The SMILES string of the molecule is CCC(O)C1CC(NCC2CCC2)CN(C(C)C)C1. The van der Waals surface area contributed by atoms with Gasteiger partial charge in [-0.05, 0) is 57.9 Å². The van der Waals surface area contributed by atoms with E-state index in [0.717, 1.165) is 31.8 Å². The van der Waals surface area contributed by atoms with Crippen LogP contribution in [0.5, 0.6) is 0 Å². The number of nitrogens with zero attached hydrogens (tertiary/aromatic N) is 1. The lowest BCUT2D eigenvalue weighted by Crippen LogP contribution is -2.54. The zero-order chi connectivity index (χ0) is 13.8. The van der Waals surface area contributed by atoms with Crippen molar-refractivity contribution in [2.45, 2.75) is 71.1 Å². The van der Waals surface area contributed by atoms with Crippen molar-refractivity contribution in [2.75, 3.05) is 19.6 Å². The van der Waals surface area contributed by atoms with Gasteiger partial charge >= 0.3 is 0 Å². The van der Waals surface area contributed by atoms with Crippen molar-refractivity contribution < 1.29 is 5.11 Å². The van der Waals surface area contributed by atoms with Gasteiger partial charge in [0.25, 0.3) is 0 Å². The Morgan fingerprint density at radius 2 is 2.00 bits per heavy atom. The summed E-state index contributed by atoms with van der Waals surface area (Å²) in [5.41, 5.74) is 0. The summed E-state index contributed by atoms with van der Waals surface area (Å²) in [5.74, 6) is 1.36. The topological polar surface area (TPSA) is 35.5 Å². The lowest BCUT2D eigenvalue weighted by molar-refractivity contribution is 0.0234. The molecule has 2 rings (SSSR count). The van der Waals surface area contributed by atoms with Crippen LogP contribution in [0.4, 0.5) is 0 Å². The Bertz CT molecular complexity index is 265. The van der Waals surface area contributed by atoms with E-state index in [2.05, 4.69) is 31.0 Å². The van der Waals surface area contributed by atoms with Gasteiger partial charge in [0.15, 0.2) is 0 Å². The summed E-state index contributed by atoms with van der Waals surface area (Å²) in [6, 6.07) is 1.16. The average molecular weight is 268 g/mol. The molecule has 1 heterocycles. The minimum atomic E-state index is -0.130. The first-order chi connectivity index (χ1) is 9.10. The third-order valence-corrected chi connectivity index (χ3v) is 5.12. The lowest BCUT2D eigenvalue weighted by Gasteiger charge is -2.42. The Hall–Kier alpha value is -0.120. The molecule has 2 N–H and O–H groups in total. The van der Waals surface area contributed by atoms with Crippen LogP contribution < -0.4 is 5.32 Å². The highest BCUT2D eigenvalue weighted by Crippen LogP contribution is 2.27. The molecule has 1 aliphatic heterocycles. The summed E-state index contributed by atoms with van der Waals surface area (Å²) >= 11 is 0. The first-order valence-electron chi connectivity index (χ1n) is 8.25. The summed E-state index contributed by atoms with van der Waals surface area (Å²) in [6.07, 6.45) is 6.14. The van der Waals surface area contributed by atoms with Crippen molar-refractivity contribution in [1.29, 1.82) is 0 Å². The van der Waals surface area contributed by atoms with Gasteiger partial charge in [0, 0.05) is 25.2 Å². The van der Waals surface area contributed by atoms with Crippen LogP contribution in [0.2, 0.25) is 0 Å². The molecule has 0 spiro atoms. The number of piperidine rings is 1. The minimum Gasteiger partial charge on any atom is -0.393 e. The van der Waals surface area contributed by atoms with Gasteiger partial charge < -0.3 is 10.4 Å². The van der Waals surface area contributed by atoms with Crippen molar-refractivity contribution in [2.24, 2.45) is 11.8 Å². The molecule has 2 fully saturated rings. The van der Waals surface area contributed by atoms with E-state index in [0.29, 0.717) is 18.0 Å². The minimum absolute atomic E-state index is 0.130. The van der Waals surface area contributed by atoms with Crippen molar-refractivity contribution in [3.8, 4) is 0 Å². The van der Waals surface area contributed by atoms with E-state index in [1.165, 1.54) is 25.8 Å². The molecular weight excluding hydrogens is 236 g/mol. The molecule has 0 aromatic heterocycles. The van der Waals surface area contributed by atoms with E-state index in [1.807, 2.05) is 0 Å². The molecule has 2 aliphatic rings. The molecule has 3 unspecified atom stereocenters. The molecule has 0 amide bonds. The Kier molecular flexibility index (Phi) is 5.67. The maximum Gasteiger partial charge on any atom is 0.0578 e. The van der Waals surface area contributed by atoms with Crippen molar-refractivity contribution >= 4 is 0 Å². The highest BCUT2D eigenvalue weighted by atomic mass is 16.3. The van der Waals surface area contributed by atoms with E-state index >= 15 is 0 Å². The second-order valence-corrected chi connectivity index (χ2v) is 6.92. The average Bonchev–Trinajstić information content (AvgIpc) is 2.35. The maximum absolute atomic E-state index is 10.2. The first-order valence-corrected chi connectivity index (χ1v) is 8.25. The Morgan fingerprint density at radius 3 is 2.53 bits per heavy atom. The van der Waals surface area contributed by atoms with Gasteiger partial charge in [0.05, 0.1) is 6.10 Å². The molecule has 1 saturated carbocycles. The van der Waals surface area contributed by atoms with Crippen molar-refractivity contribution in [1.82, 2.24) is 10.2 Å². The fraction of sp³-hybridized carbons (Fsp3) is 1.00. The summed E-state index contributed by atoms with van der Waals surface area (Å²) in [6.45, 7) is 10.0. The molecule has 1 saturated heterocycles. The highest BCUT2D eigenvalue weighted by Gasteiger charge is 2.32. The summed E-state index contributed by atoms with van der Waals surface area (Å²) < 4.78 is 0. The van der Waals surface area contributed by atoms with Crippen LogP contribution >= 0.6 is 0 Å². The Labute approximate surface area is 118 Å². The molecule has 0 radical (unpaired) electrons. The molecule has 3 heteroatoms. The van der Waals surface area contributed by atoms with Crippen LogP contribution in [0, 0.1) is 11.8 Å². The zero-order valence-electron chi connectivity index (χ0n) is 12.9. The fourth-order valence-electron chi connectivity index (χ4n) is 3.39. The highest BCUT2D eigenvalue weighted by molar-refractivity contribution is 4.88. The molecule has 3 nitrogen and oxygen atoms in total. The van der Waals surface area contributed by atoms with Crippen LogP contribution in [0.3, 0.4) is 0 Å². The lowest BCUT2D eigenvalue weighted by atomic mass is 9.84. The standard InChI is InChI=1S/C16H32N2O/c1-4-16(19)14-8-15(11-18(10-14)12(2)3)17-9-13-6-5-7-13/h12-17,19H,4-11H2,1-3H3. The second-order valence-electron chi connectivity index (χ2n) is 6.92. The van der Waals surface area contributed by atoms with Gasteiger partial charge in [-0.2, -0.15) is 0 Å². The van der Waals surface area contributed by atoms with Crippen LogP contribution in [-0.2, 0) is 0 Å². The van der Waals surface area contributed by atoms with Crippen molar-refractivity contribution in [3.05, 3.63) is 0 Å². The molecule has 0 aromatic rings. The van der Waals surface area contributed by atoms with Gasteiger partial charge in [-0.1, -0.05) is 13.3 Å². The van der Waals surface area contributed by atoms with E-state index < -0.39 is 0 Å². The third-order valence-electron chi connectivity index (χ3n) is 5.12. The predicted molar refractivity (Wildman–Crippen MR) is 80.2 cm³/mol. The van der Waals surface area contributed by atoms with E-state index in [9.17, 15) is 5.11 Å². The monoisotopic (exact) mass is 268 g/mol. The maximum atomic E-state index is 10.2. The quantitative estimate of drug-likeness (QED) is 0.775. The van der Waals surface area contributed by atoms with Gasteiger partial charge in [-0.3, -0.25) is 4.90 Å². The van der Waals surface area contributed by atoms with Crippen molar-refractivity contribution in [3.63, 3.8) is 0 Å². The van der Waals surface area contributed by atoms with Crippen LogP contribution in [0.15, 0.2) is 0 Å². The number of likely N-dealkylation sites (tertiary alicyclic amines) is 1. The fourth-order valence-corrected chi connectivity index (χ4v) is 3.39. The third kappa shape index (κ3) is 4.17. The predicted octanol–water partition coefficient (Wildman–Crippen LogP) is 2.25. The molecular formula is C16H32N2O. The molecule has 0 bridgehead atoms. The summed E-state index contributed by atoms with van der Waals surface area (Å²) in [4.78, 5) is 2.53. The number of rotatable bonds is 6. The molecule has 0 aromatic carbocycles. The summed E-state index contributed by atoms with van der Waals surface area (Å²) in [5, 5.41) is 13.9. The number of hydrogen-bond donors (Lipinski definition) is 2. The second kappa shape index (κ2) is 7.05. The largest absolute Gasteiger partial charge is 0.393 e. The Morgan fingerprint density at radius 1 is 1.26 bits per heavy atom. The zero-order valence-corrected chi connectivity index (χ0v) is 12.9. The van der Waals surface area contributed by atoms with Gasteiger partial charge in [-0.15, -0.1) is 0 Å². The Balaban J connectivity index is 1.85. The van der Waals surface area contributed by atoms with Crippen LogP contribution in [-0.4, -0.2) is 47.8 Å². The van der Waals surface area contributed by atoms with Gasteiger partial charge in [0.1, 0.15) is 0 Å². The van der Waals surface area contributed by atoms with Crippen LogP contribution in [0.1, 0.15) is 52.9 Å².